The minimum Gasteiger partial charge on any atom is -0.345 e. The second kappa shape index (κ2) is 9.06. The molecule has 0 heterocycles. The zero-order chi connectivity index (χ0) is 18.8. The van der Waals surface area contributed by atoms with Gasteiger partial charge in [-0.2, -0.15) is 0 Å². The molecule has 150 valence electrons. The molecule has 3 nitrogen and oxygen atoms in total. The topological polar surface area (TPSA) is 55.1 Å². The third-order valence-electron chi connectivity index (χ3n) is 6.39. The summed E-state index contributed by atoms with van der Waals surface area (Å²) in [7, 11) is 0. The molecule has 3 unspecified atom stereocenters. The van der Waals surface area contributed by atoms with Gasteiger partial charge in [-0.3, -0.25) is 4.79 Å². The summed E-state index contributed by atoms with van der Waals surface area (Å²) in [6.45, 7) is 0. The van der Waals surface area contributed by atoms with Gasteiger partial charge < -0.3 is 11.1 Å². The molecule has 0 aliphatic heterocycles. The maximum atomic E-state index is 13.8. The summed E-state index contributed by atoms with van der Waals surface area (Å²) >= 11 is 0. The van der Waals surface area contributed by atoms with Crippen LogP contribution in [0.15, 0.2) is 54.6 Å². The highest BCUT2D eigenvalue weighted by Crippen LogP contribution is 2.42. The fourth-order valence-corrected chi connectivity index (χ4v) is 4.95. The number of halogens is 2. The van der Waals surface area contributed by atoms with Gasteiger partial charge in [0.2, 0.25) is 5.91 Å². The standard InChI is InChI=1S/C23H27FN2O.ClH/c24-20-11-5-10-18(14-20)22(15-6-2-1-3-7-15)26-23(27)19-12-16-8-4-9-17(13-19)21(16)25;/h1-3,5-7,10-11,14,16-17,19,21-22H,4,8-9,12-13,25H2,(H,26,27);1H. The first-order valence-electron chi connectivity index (χ1n) is 9.98. The minimum atomic E-state index is -0.343. The molecule has 0 spiro atoms. The molecule has 2 bridgehead atoms. The highest BCUT2D eigenvalue weighted by Gasteiger charge is 2.40. The van der Waals surface area contributed by atoms with Crippen LogP contribution < -0.4 is 11.1 Å². The maximum Gasteiger partial charge on any atom is 0.223 e. The van der Waals surface area contributed by atoms with Crippen molar-refractivity contribution in [2.45, 2.75) is 44.2 Å². The van der Waals surface area contributed by atoms with Gasteiger partial charge in [0, 0.05) is 12.0 Å². The Kier molecular flexibility index (Phi) is 6.73. The van der Waals surface area contributed by atoms with Crippen LogP contribution in [0.4, 0.5) is 4.39 Å². The van der Waals surface area contributed by atoms with E-state index in [1.54, 1.807) is 6.07 Å². The normalized spacial score (nSPS) is 27.4. The van der Waals surface area contributed by atoms with Gasteiger partial charge in [0.25, 0.3) is 0 Å². The molecular formula is C23H28ClFN2O. The van der Waals surface area contributed by atoms with Gasteiger partial charge in [0.1, 0.15) is 5.82 Å². The first-order chi connectivity index (χ1) is 13.1. The number of fused-ring (bicyclic) bond motifs is 2. The molecule has 1 amide bonds. The molecule has 3 N–H and O–H groups in total. The van der Waals surface area contributed by atoms with Crippen molar-refractivity contribution in [3.63, 3.8) is 0 Å². The smallest absolute Gasteiger partial charge is 0.223 e. The van der Waals surface area contributed by atoms with Crippen LogP contribution in [0.25, 0.3) is 0 Å². The molecule has 0 radical (unpaired) electrons. The van der Waals surface area contributed by atoms with Gasteiger partial charge in [0.15, 0.2) is 0 Å². The molecule has 28 heavy (non-hydrogen) atoms. The zero-order valence-electron chi connectivity index (χ0n) is 15.9. The lowest BCUT2D eigenvalue weighted by molar-refractivity contribution is -0.128. The number of carbonyl (C=O) groups is 1. The summed E-state index contributed by atoms with van der Waals surface area (Å²) in [5.41, 5.74) is 8.10. The van der Waals surface area contributed by atoms with Crippen molar-refractivity contribution in [3.05, 3.63) is 71.5 Å². The van der Waals surface area contributed by atoms with E-state index in [0.29, 0.717) is 11.8 Å². The van der Waals surface area contributed by atoms with E-state index in [1.807, 2.05) is 36.4 Å². The van der Waals surface area contributed by atoms with E-state index in [1.165, 1.54) is 18.6 Å². The molecule has 3 atom stereocenters. The van der Waals surface area contributed by atoms with Gasteiger partial charge >= 0.3 is 0 Å². The lowest BCUT2D eigenvalue weighted by Gasteiger charge is -2.43. The van der Waals surface area contributed by atoms with Crippen molar-refractivity contribution in [2.75, 3.05) is 0 Å². The number of hydrogen-bond donors (Lipinski definition) is 2. The van der Waals surface area contributed by atoms with Crippen LogP contribution in [0, 0.1) is 23.6 Å². The molecule has 5 heteroatoms. The molecular weight excluding hydrogens is 375 g/mol. The van der Waals surface area contributed by atoms with Crippen molar-refractivity contribution in [2.24, 2.45) is 23.5 Å². The fourth-order valence-electron chi connectivity index (χ4n) is 4.95. The molecule has 0 saturated heterocycles. The maximum absolute atomic E-state index is 13.8. The summed E-state index contributed by atoms with van der Waals surface area (Å²) in [4.78, 5) is 13.1. The van der Waals surface area contributed by atoms with Gasteiger partial charge in [-0.05, 0) is 60.8 Å². The number of carbonyl (C=O) groups excluding carboxylic acids is 1. The van der Waals surface area contributed by atoms with E-state index < -0.39 is 0 Å². The Morgan fingerprint density at radius 2 is 1.64 bits per heavy atom. The van der Waals surface area contributed by atoms with Crippen LogP contribution in [0.5, 0.6) is 0 Å². The second-order valence-electron chi connectivity index (χ2n) is 8.10. The summed E-state index contributed by atoms with van der Waals surface area (Å²) < 4.78 is 13.8. The zero-order valence-corrected chi connectivity index (χ0v) is 16.7. The lowest BCUT2D eigenvalue weighted by atomic mass is 9.65. The average molecular weight is 403 g/mol. The van der Waals surface area contributed by atoms with E-state index in [4.69, 9.17) is 5.73 Å². The van der Waals surface area contributed by atoms with E-state index in [0.717, 1.165) is 36.8 Å². The molecule has 4 rings (SSSR count). The van der Waals surface area contributed by atoms with Crippen LogP contribution in [-0.4, -0.2) is 11.9 Å². The predicted octanol–water partition coefficient (Wildman–Crippen LogP) is 4.61. The Balaban J connectivity index is 0.00000225. The van der Waals surface area contributed by atoms with E-state index in [2.05, 4.69) is 5.32 Å². The summed E-state index contributed by atoms with van der Waals surface area (Å²) in [5.74, 6) is 0.688. The van der Waals surface area contributed by atoms with Crippen molar-refractivity contribution in [1.29, 1.82) is 0 Å². The Hall–Kier alpha value is -1.91. The van der Waals surface area contributed by atoms with E-state index >= 15 is 0 Å². The van der Waals surface area contributed by atoms with Crippen molar-refractivity contribution < 1.29 is 9.18 Å². The van der Waals surface area contributed by atoms with Gasteiger partial charge in [0.05, 0.1) is 6.04 Å². The molecule has 2 aliphatic rings. The van der Waals surface area contributed by atoms with Crippen LogP contribution >= 0.6 is 12.4 Å². The third-order valence-corrected chi connectivity index (χ3v) is 6.39. The SMILES string of the molecule is Cl.NC1C2CCCC1CC(C(=O)NC(c1ccccc1)c1cccc(F)c1)C2. The third kappa shape index (κ3) is 4.39. The van der Waals surface area contributed by atoms with Crippen LogP contribution in [0.2, 0.25) is 0 Å². The summed E-state index contributed by atoms with van der Waals surface area (Å²) in [5, 5.41) is 3.20. The van der Waals surface area contributed by atoms with Crippen LogP contribution in [0.3, 0.4) is 0 Å². The highest BCUT2D eigenvalue weighted by molar-refractivity contribution is 5.85. The number of nitrogens with one attached hydrogen (secondary N) is 1. The Morgan fingerprint density at radius 1 is 1.00 bits per heavy atom. The fraction of sp³-hybridized carbons (Fsp3) is 0.435. The molecule has 2 aromatic rings. The second-order valence-corrected chi connectivity index (χ2v) is 8.10. The number of hydrogen-bond acceptors (Lipinski definition) is 2. The average Bonchev–Trinajstić information content (AvgIpc) is 2.66. The van der Waals surface area contributed by atoms with Gasteiger partial charge in [-0.15, -0.1) is 12.4 Å². The first kappa shape index (κ1) is 20.8. The van der Waals surface area contributed by atoms with Gasteiger partial charge in [-0.1, -0.05) is 48.9 Å². The quantitative estimate of drug-likeness (QED) is 0.784. The minimum absolute atomic E-state index is 0. The van der Waals surface area contributed by atoms with E-state index in [9.17, 15) is 9.18 Å². The number of benzene rings is 2. The van der Waals surface area contributed by atoms with Crippen LogP contribution in [-0.2, 0) is 4.79 Å². The Bertz CT molecular complexity index is 786. The molecule has 2 aromatic carbocycles. The predicted molar refractivity (Wildman–Crippen MR) is 112 cm³/mol. The number of rotatable bonds is 4. The molecule has 2 aliphatic carbocycles. The molecule has 2 saturated carbocycles. The van der Waals surface area contributed by atoms with Gasteiger partial charge in [-0.25, -0.2) is 4.39 Å². The number of amides is 1. The van der Waals surface area contributed by atoms with Crippen molar-refractivity contribution >= 4 is 18.3 Å². The van der Waals surface area contributed by atoms with Crippen molar-refractivity contribution in [1.82, 2.24) is 5.32 Å². The summed E-state index contributed by atoms with van der Waals surface area (Å²) in [6, 6.07) is 16.2. The first-order valence-corrected chi connectivity index (χ1v) is 9.98. The number of nitrogens with two attached hydrogens (primary N) is 1. The monoisotopic (exact) mass is 402 g/mol. The van der Waals surface area contributed by atoms with E-state index in [-0.39, 0.29) is 42.1 Å². The Labute approximate surface area is 172 Å². The van der Waals surface area contributed by atoms with Crippen molar-refractivity contribution in [3.8, 4) is 0 Å². The van der Waals surface area contributed by atoms with Crippen LogP contribution in [0.1, 0.15) is 49.3 Å². The largest absolute Gasteiger partial charge is 0.345 e. The molecule has 0 aromatic heterocycles. The molecule has 2 fully saturated rings. The lowest BCUT2D eigenvalue weighted by Crippen LogP contribution is -2.49. The Morgan fingerprint density at radius 3 is 2.29 bits per heavy atom. The highest BCUT2D eigenvalue weighted by atomic mass is 35.5. The summed E-state index contributed by atoms with van der Waals surface area (Å²) in [6.07, 6.45) is 5.23.